The SMILES string of the molecule is COc1ccnc(N(C)C2CCCN(CCc3ccc4c(c3)CCO4)C2)n1. The van der Waals surface area contributed by atoms with Crippen LogP contribution in [0.3, 0.4) is 0 Å². The number of nitrogens with zero attached hydrogens (tertiary/aromatic N) is 4. The topological polar surface area (TPSA) is 50.7 Å². The molecule has 4 rings (SSSR count). The third-order valence-electron chi connectivity index (χ3n) is 5.64. The fourth-order valence-electron chi connectivity index (χ4n) is 4.01. The van der Waals surface area contributed by atoms with E-state index in [4.69, 9.17) is 9.47 Å². The number of likely N-dealkylation sites (N-methyl/N-ethyl adjacent to an activating group) is 1. The highest BCUT2D eigenvalue weighted by Crippen LogP contribution is 2.26. The molecule has 2 aliphatic heterocycles. The predicted octanol–water partition coefficient (Wildman–Crippen LogP) is 2.56. The first kappa shape index (κ1) is 18.0. The Labute approximate surface area is 161 Å². The second kappa shape index (κ2) is 8.13. The van der Waals surface area contributed by atoms with Gasteiger partial charge in [0.1, 0.15) is 5.75 Å². The summed E-state index contributed by atoms with van der Waals surface area (Å²) >= 11 is 0. The minimum Gasteiger partial charge on any atom is -0.493 e. The zero-order valence-corrected chi connectivity index (χ0v) is 16.2. The van der Waals surface area contributed by atoms with Crippen LogP contribution in [0.15, 0.2) is 30.5 Å². The number of fused-ring (bicyclic) bond motifs is 1. The van der Waals surface area contributed by atoms with Crippen LogP contribution in [0.2, 0.25) is 0 Å². The maximum Gasteiger partial charge on any atom is 0.228 e. The number of rotatable bonds is 6. The summed E-state index contributed by atoms with van der Waals surface area (Å²) < 4.78 is 10.8. The number of hydrogen-bond donors (Lipinski definition) is 0. The third kappa shape index (κ3) is 4.16. The second-order valence-corrected chi connectivity index (χ2v) is 7.40. The van der Waals surface area contributed by atoms with E-state index >= 15 is 0 Å². The molecule has 27 heavy (non-hydrogen) atoms. The van der Waals surface area contributed by atoms with E-state index in [2.05, 4.69) is 45.0 Å². The van der Waals surface area contributed by atoms with E-state index in [1.165, 1.54) is 24.0 Å². The summed E-state index contributed by atoms with van der Waals surface area (Å²) in [5.41, 5.74) is 2.77. The van der Waals surface area contributed by atoms with Crippen molar-refractivity contribution in [3.63, 3.8) is 0 Å². The van der Waals surface area contributed by atoms with Gasteiger partial charge in [-0.1, -0.05) is 12.1 Å². The Hall–Kier alpha value is -2.34. The van der Waals surface area contributed by atoms with Crippen LogP contribution in [0.5, 0.6) is 11.6 Å². The molecule has 3 heterocycles. The molecule has 1 aromatic heterocycles. The first-order chi connectivity index (χ1) is 13.2. The van der Waals surface area contributed by atoms with Gasteiger partial charge in [-0.25, -0.2) is 4.98 Å². The molecular formula is C21H28N4O2. The molecule has 0 spiro atoms. The van der Waals surface area contributed by atoms with Gasteiger partial charge in [0.15, 0.2) is 0 Å². The van der Waals surface area contributed by atoms with Crippen LogP contribution in [0.25, 0.3) is 0 Å². The summed E-state index contributed by atoms with van der Waals surface area (Å²) in [6.45, 7) is 4.12. The zero-order valence-electron chi connectivity index (χ0n) is 16.2. The Balaban J connectivity index is 1.35. The van der Waals surface area contributed by atoms with Crippen molar-refractivity contribution < 1.29 is 9.47 Å². The summed E-state index contributed by atoms with van der Waals surface area (Å²) in [5, 5.41) is 0. The van der Waals surface area contributed by atoms with Gasteiger partial charge in [-0.2, -0.15) is 4.98 Å². The Morgan fingerprint density at radius 1 is 1.33 bits per heavy atom. The maximum atomic E-state index is 5.61. The Morgan fingerprint density at radius 3 is 3.15 bits per heavy atom. The van der Waals surface area contributed by atoms with Crippen LogP contribution in [-0.2, 0) is 12.8 Å². The molecule has 144 valence electrons. The normalized spacial score (nSPS) is 19.4. The van der Waals surface area contributed by atoms with E-state index in [1.807, 2.05) is 0 Å². The Kier molecular flexibility index (Phi) is 5.43. The van der Waals surface area contributed by atoms with Gasteiger partial charge in [0.25, 0.3) is 0 Å². The average molecular weight is 368 g/mol. The lowest BCUT2D eigenvalue weighted by Gasteiger charge is -2.37. The first-order valence-electron chi connectivity index (χ1n) is 9.80. The predicted molar refractivity (Wildman–Crippen MR) is 106 cm³/mol. The van der Waals surface area contributed by atoms with Crippen molar-refractivity contribution in [1.29, 1.82) is 0 Å². The van der Waals surface area contributed by atoms with Gasteiger partial charge in [-0.3, -0.25) is 0 Å². The van der Waals surface area contributed by atoms with Crippen LogP contribution in [0.4, 0.5) is 5.95 Å². The molecule has 1 unspecified atom stereocenters. The van der Waals surface area contributed by atoms with Crippen molar-refractivity contribution in [3.8, 4) is 11.6 Å². The third-order valence-corrected chi connectivity index (χ3v) is 5.64. The van der Waals surface area contributed by atoms with Crippen LogP contribution in [-0.4, -0.2) is 61.3 Å². The van der Waals surface area contributed by atoms with Crippen molar-refractivity contribution in [2.45, 2.75) is 31.7 Å². The van der Waals surface area contributed by atoms with Crippen molar-refractivity contribution in [2.24, 2.45) is 0 Å². The minimum absolute atomic E-state index is 0.430. The molecule has 0 radical (unpaired) electrons. The van der Waals surface area contributed by atoms with Crippen molar-refractivity contribution in [2.75, 3.05) is 45.3 Å². The molecule has 1 atom stereocenters. The number of ether oxygens (including phenoxy) is 2. The maximum absolute atomic E-state index is 5.61. The fourth-order valence-corrected chi connectivity index (χ4v) is 4.01. The molecule has 1 fully saturated rings. The number of methoxy groups -OCH3 is 1. The molecule has 1 saturated heterocycles. The van der Waals surface area contributed by atoms with Gasteiger partial charge < -0.3 is 19.3 Å². The van der Waals surface area contributed by atoms with E-state index in [1.54, 1.807) is 19.4 Å². The summed E-state index contributed by atoms with van der Waals surface area (Å²) in [7, 11) is 3.73. The molecule has 0 bridgehead atoms. The number of piperidine rings is 1. The van der Waals surface area contributed by atoms with Gasteiger partial charge >= 0.3 is 0 Å². The van der Waals surface area contributed by atoms with E-state index in [0.29, 0.717) is 11.9 Å². The number of anilines is 1. The van der Waals surface area contributed by atoms with Crippen LogP contribution in [0.1, 0.15) is 24.0 Å². The highest BCUT2D eigenvalue weighted by Gasteiger charge is 2.25. The monoisotopic (exact) mass is 368 g/mol. The smallest absolute Gasteiger partial charge is 0.228 e. The number of benzene rings is 1. The first-order valence-corrected chi connectivity index (χ1v) is 9.80. The number of aromatic nitrogens is 2. The van der Waals surface area contributed by atoms with Gasteiger partial charge in [0.05, 0.1) is 13.7 Å². The van der Waals surface area contributed by atoms with Gasteiger partial charge in [0, 0.05) is 44.9 Å². The van der Waals surface area contributed by atoms with E-state index in [9.17, 15) is 0 Å². The minimum atomic E-state index is 0.430. The van der Waals surface area contributed by atoms with Gasteiger partial charge in [0.2, 0.25) is 11.8 Å². The molecular weight excluding hydrogens is 340 g/mol. The molecule has 2 aliphatic rings. The molecule has 2 aromatic rings. The summed E-state index contributed by atoms with van der Waals surface area (Å²) in [6.07, 6.45) is 6.26. The summed E-state index contributed by atoms with van der Waals surface area (Å²) in [4.78, 5) is 13.7. The Bertz CT molecular complexity index is 783. The van der Waals surface area contributed by atoms with Crippen molar-refractivity contribution in [3.05, 3.63) is 41.6 Å². The van der Waals surface area contributed by atoms with Crippen LogP contribution >= 0.6 is 0 Å². The van der Waals surface area contributed by atoms with Gasteiger partial charge in [-0.05, 0) is 43.0 Å². The second-order valence-electron chi connectivity index (χ2n) is 7.40. The lowest BCUT2D eigenvalue weighted by atomic mass is 10.0. The molecule has 1 aromatic carbocycles. The molecule has 0 aliphatic carbocycles. The van der Waals surface area contributed by atoms with E-state index in [-0.39, 0.29) is 0 Å². The average Bonchev–Trinajstić information content (AvgIpc) is 3.20. The van der Waals surface area contributed by atoms with E-state index < -0.39 is 0 Å². The largest absolute Gasteiger partial charge is 0.493 e. The van der Waals surface area contributed by atoms with Crippen molar-refractivity contribution in [1.82, 2.24) is 14.9 Å². The number of likely N-dealkylation sites (tertiary alicyclic amines) is 1. The van der Waals surface area contributed by atoms with E-state index in [0.717, 1.165) is 50.8 Å². The van der Waals surface area contributed by atoms with Crippen molar-refractivity contribution >= 4 is 5.95 Å². The van der Waals surface area contributed by atoms with Gasteiger partial charge in [-0.15, -0.1) is 0 Å². The Morgan fingerprint density at radius 2 is 2.26 bits per heavy atom. The molecule has 0 N–H and O–H groups in total. The number of hydrogen-bond acceptors (Lipinski definition) is 6. The summed E-state index contributed by atoms with van der Waals surface area (Å²) in [5.74, 6) is 2.41. The van der Waals surface area contributed by atoms with Crippen LogP contribution in [0, 0.1) is 0 Å². The van der Waals surface area contributed by atoms with Crippen LogP contribution < -0.4 is 14.4 Å². The molecule has 0 amide bonds. The molecule has 6 heteroatoms. The lowest BCUT2D eigenvalue weighted by molar-refractivity contribution is 0.207. The highest BCUT2D eigenvalue weighted by atomic mass is 16.5. The zero-order chi connectivity index (χ0) is 18.6. The lowest BCUT2D eigenvalue weighted by Crippen LogP contribution is -2.47. The summed E-state index contributed by atoms with van der Waals surface area (Å²) in [6, 6.07) is 8.87. The fraction of sp³-hybridized carbons (Fsp3) is 0.524. The highest BCUT2D eigenvalue weighted by molar-refractivity contribution is 5.40. The quantitative estimate of drug-likeness (QED) is 0.781. The standard InChI is InChI=1S/C21H28N4O2/c1-24(21-22-10-7-20(23-21)26-2)18-4-3-11-25(15-18)12-8-16-5-6-19-17(14-16)9-13-27-19/h5-7,10,14,18H,3-4,8-9,11-13,15H2,1-2H3. The molecule has 6 nitrogen and oxygen atoms in total. The molecule has 0 saturated carbocycles.